The molecule has 0 bridgehead atoms. The summed E-state index contributed by atoms with van der Waals surface area (Å²) in [6.45, 7) is 3.21. The number of urea groups is 1. The molecule has 1 N–H and O–H groups in total. The Labute approximate surface area is 120 Å². The third kappa shape index (κ3) is 3.25. The van der Waals surface area contributed by atoms with Gasteiger partial charge in [0.1, 0.15) is 0 Å². The van der Waals surface area contributed by atoms with Crippen molar-refractivity contribution in [3.8, 4) is 0 Å². The van der Waals surface area contributed by atoms with E-state index in [1.165, 1.54) is 6.42 Å². The van der Waals surface area contributed by atoms with E-state index in [0.29, 0.717) is 12.6 Å². The largest absolute Gasteiger partial charge is 0.342 e. The van der Waals surface area contributed by atoms with Gasteiger partial charge in [-0.3, -0.25) is 4.79 Å². The number of hydrogen-bond donors (Lipinski definition) is 1. The molecule has 0 spiro atoms. The van der Waals surface area contributed by atoms with Crippen LogP contribution in [0.15, 0.2) is 0 Å². The predicted octanol–water partition coefficient (Wildman–Crippen LogP) is 1.58. The average Bonchev–Trinajstić information content (AvgIpc) is 3.31. The van der Waals surface area contributed by atoms with Crippen LogP contribution in [-0.4, -0.2) is 54.0 Å². The number of amides is 3. The van der Waals surface area contributed by atoms with Crippen LogP contribution in [0.2, 0.25) is 0 Å². The van der Waals surface area contributed by atoms with Gasteiger partial charge in [-0.25, -0.2) is 4.79 Å². The Balaban J connectivity index is 1.53. The number of likely N-dealkylation sites (tertiary alicyclic amines) is 2. The number of rotatable bonds is 2. The Morgan fingerprint density at radius 3 is 2.25 bits per heavy atom. The number of nitrogens with one attached hydrogen (secondary N) is 1. The van der Waals surface area contributed by atoms with E-state index in [0.717, 1.165) is 58.2 Å². The molecule has 2 saturated heterocycles. The van der Waals surface area contributed by atoms with E-state index < -0.39 is 0 Å². The summed E-state index contributed by atoms with van der Waals surface area (Å²) in [5, 5.41) is 3.02. The highest BCUT2D eigenvalue weighted by atomic mass is 16.2. The minimum absolute atomic E-state index is 0.0202. The molecule has 20 heavy (non-hydrogen) atoms. The first kappa shape index (κ1) is 13.7. The molecule has 0 aromatic carbocycles. The van der Waals surface area contributed by atoms with Gasteiger partial charge in [0.25, 0.3) is 0 Å². The second kappa shape index (κ2) is 6.02. The van der Waals surface area contributed by atoms with Gasteiger partial charge in [-0.05, 0) is 44.9 Å². The van der Waals surface area contributed by atoms with Crippen LogP contribution in [-0.2, 0) is 4.79 Å². The zero-order valence-electron chi connectivity index (χ0n) is 12.1. The SMILES string of the molecule is O=C(NC1CC1)N1CCCC(C(=O)N2CCCCC2)C1. The molecule has 0 aromatic heterocycles. The van der Waals surface area contributed by atoms with Crippen LogP contribution in [0.1, 0.15) is 44.9 Å². The van der Waals surface area contributed by atoms with Crippen molar-refractivity contribution >= 4 is 11.9 Å². The number of hydrogen-bond acceptors (Lipinski definition) is 2. The van der Waals surface area contributed by atoms with Crippen molar-refractivity contribution in [3.63, 3.8) is 0 Å². The lowest BCUT2D eigenvalue weighted by Gasteiger charge is -2.36. The van der Waals surface area contributed by atoms with Gasteiger partial charge in [0.05, 0.1) is 5.92 Å². The van der Waals surface area contributed by atoms with E-state index in [2.05, 4.69) is 5.32 Å². The van der Waals surface area contributed by atoms with Crippen LogP contribution in [0.4, 0.5) is 4.79 Å². The van der Waals surface area contributed by atoms with E-state index in [9.17, 15) is 9.59 Å². The molecule has 5 heteroatoms. The van der Waals surface area contributed by atoms with Crippen LogP contribution in [0.5, 0.6) is 0 Å². The molecule has 1 saturated carbocycles. The highest BCUT2D eigenvalue weighted by Crippen LogP contribution is 2.23. The van der Waals surface area contributed by atoms with Crippen LogP contribution in [0.3, 0.4) is 0 Å². The first-order valence-electron chi connectivity index (χ1n) is 8.08. The Kier molecular flexibility index (Phi) is 4.13. The topological polar surface area (TPSA) is 52.7 Å². The lowest BCUT2D eigenvalue weighted by molar-refractivity contribution is -0.137. The minimum Gasteiger partial charge on any atom is -0.342 e. The fraction of sp³-hybridized carbons (Fsp3) is 0.867. The van der Waals surface area contributed by atoms with Gasteiger partial charge in [-0.15, -0.1) is 0 Å². The first-order chi connectivity index (χ1) is 9.74. The number of nitrogens with zero attached hydrogens (tertiary/aromatic N) is 2. The van der Waals surface area contributed by atoms with Crippen LogP contribution >= 0.6 is 0 Å². The van der Waals surface area contributed by atoms with Gasteiger partial charge >= 0.3 is 6.03 Å². The van der Waals surface area contributed by atoms with Crippen molar-refractivity contribution < 1.29 is 9.59 Å². The lowest BCUT2D eigenvalue weighted by Crippen LogP contribution is -2.50. The van der Waals surface area contributed by atoms with Crippen LogP contribution in [0.25, 0.3) is 0 Å². The van der Waals surface area contributed by atoms with E-state index in [4.69, 9.17) is 0 Å². The van der Waals surface area contributed by atoms with Crippen molar-refractivity contribution in [2.75, 3.05) is 26.2 Å². The average molecular weight is 279 g/mol. The molecule has 3 rings (SSSR count). The maximum atomic E-state index is 12.5. The quantitative estimate of drug-likeness (QED) is 0.834. The summed E-state index contributed by atoms with van der Waals surface area (Å²) in [5.41, 5.74) is 0. The van der Waals surface area contributed by atoms with Crippen molar-refractivity contribution in [3.05, 3.63) is 0 Å². The van der Waals surface area contributed by atoms with E-state index in [-0.39, 0.29) is 17.9 Å². The van der Waals surface area contributed by atoms with Gasteiger partial charge in [-0.2, -0.15) is 0 Å². The Morgan fingerprint density at radius 2 is 1.55 bits per heavy atom. The van der Waals surface area contributed by atoms with Crippen molar-refractivity contribution in [2.24, 2.45) is 5.92 Å². The van der Waals surface area contributed by atoms with Gasteiger partial charge < -0.3 is 15.1 Å². The molecule has 3 aliphatic rings. The molecule has 3 amide bonds. The standard InChI is InChI=1S/C15H25N3O2/c19-14(17-8-2-1-3-9-17)12-5-4-10-18(11-12)15(20)16-13-6-7-13/h12-13H,1-11H2,(H,16,20). The zero-order chi connectivity index (χ0) is 13.9. The van der Waals surface area contributed by atoms with Crippen molar-refractivity contribution in [2.45, 2.75) is 51.0 Å². The van der Waals surface area contributed by atoms with Gasteiger partial charge in [0.2, 0.25) is 5.91 Å². The summed E-state index contributed by atoms with van der Waals surface area (Å²) in [6.07, 6.45) is 7.59. The fourth-order valence-electron chi connectivity index (χ4n) is 3.23. The first-order valence-corrected chi connectivity index (χ1v) is 8.08. The summed E-state index contributed by atoms with van der Waals surface area (Å²) < 4.78 is 0. The fourth-order valence-corrected chi connectivity index (χ4v) is 3.23. The normalized spacial score (nSPS) is 27.3. The predicted molar refractivity (Wildman–Crippen MR) is 76.3 cm³/mol. The molecular formula is C15H25N3O2. The monoisotopic (exact) mass is 279 g/mol. The summed E-state index contributed by atoms with van der Waals surface area (Å²) >= 11 is 0. The third-order valence-electron chi connectivity index (χ3n) is 4.63. The number of piperidine rings is 2. The molecular weight excluding hydrogens is 254 g/mol. The maximum absolute atomic E-state index is 12.5. The van der Waals surface area contributed by atoms with E-state index >= 15 is 0 Å². The van der Waals surface area contributed by atoms with Crippen LogP contribution < -0.4 is 5.32 Å². The molecule has 2 aliphatic heterocycles. The van der Waals surface area contributed by atoms with Crippen molar-refractivity contribution in [1.29, 1.82) is 0 Å². The summed E-state index contributed by atoms with van der Waals surface area (Å²) in [6, 6.07) is 0.421. The van der Waals surface area contributed by atoms with Gasteiger partial charge in [0.15, 0.2) is 0 Å². The van der Waals surface area contributed by atoms with Gasteiger partial charge in [-0.1, -0.05) is 0 Å². The van der Waals surface area contributed by atoms with E-state index in [1.807, 2.05) is 9.80 Å². The molecule has 2 heterocycles. The molecule has 5 nitrogen and oxygen atoms in total. The highest BCUT2D eigenvalue weighted by Gasteiger charge is 2.33. The third-order valence-corrected chi connectivity index (χ3v) is 4.63. The second-order valence-electron chi connectivity index (χ2n) is 6.39. The minimum atomic E-state index is 0.0202. The van der Waals surface area contributed by atoms with Crippen molar-refractivity contribution in [1.82, 2.24) is 15.1 Å². The summed E-state index contributed by atoms with van der Waals surface area (Å²) in [5.74, 6) is 0.292. The Hall–Kier alpha value is -1.26. The van der Waals surface area contributed by atoms with E-state index in [1.54, 1.807) is 0 Å². The molecule has 1 aliphatic carbocycles. The zero-order valence-corrected chi connectivity index (χ0v) is 12.1. The molecule has 1 atom stereocenters. The maximum Gasteiger partial charge on any atom is 0.317 e. The highest BCUT2D eigenvalue weighted by molar-refractivity contribution is 5.81. The smallest absolute Gasteiger partial charge is 0.317 e. The number of carbonyl (C=O) groups is 2. The molecule has 0 aromatic rings. The lowest BCUT2D eigenvalue weighted by atomic mass is 9.95. The molecule has 1 unspecified atom stereocenters. The summed E-state index contributed by atoms with van der Waals surface area (Å²) in [4.78, 5) is 28.5. The Bertz CT molecular complexity index is 375. The second-order valence-corrected chi connectivity index (χ2v) is 6.39. The molecule has 0 radical (unpaired) electrons. The van der Waals surface area contributed by atoms with Crippen LogP contribution in [0, 0.1) is 5.92 Å². The Morgan fingerprint density at radius 1 is 0.850 bits per heavy atom. The number of carbonyl (C=O) groups excluding carboxylic acids is 2. The molecule has 3 fully saturated rings. The molecule has 112 valence electrons. The summed E-state index contributed by atoms with van der Waals surface area (Å²) in [7, 11) is 0. The van der Waals surface area contributed by atoms with Gasteiger partial charge in [0, 0.05) is 32.2 Å².